The molecule has 0 saturated carbocycles. The topological polar surface area (TPSA) is 9.23 Å². The van der Waals surface area contributed by atoms with Crippen LogP contribution in [0.1, 0.15) is 18.9 Å². The van der Waals surface area contributed by atoms with Gasteiger partial charge in [0.1, 0.15) is 11.6 Å². The summed E-state index contributed by atoms with van der Waals surface area (Å²) in [4.78, 5) is 0. The van der Waals surface area contributed by atoms with E-state index in [0.717, 1.165) is 12.2 Å². The second-order valence-electron chi connectivity index (χ2n) is 2.83. The fourth-order valence-electron chi connectivity index (χ4n) is 0.935. The van der Waals surface area contributed by atoms with E-state index in [-0.39, 0.29) is 18.3 Å². The van der Waals surface area contributed by atoms with E-state index in [2.05, 4.69) is 29.2 Å². The van der Waals surface area contributed by atoms with Crippen molar-refractivity contribution in [3.63, 3.8) is 0 Å². The molecule has 1 rings (SSSR count). The standard InChI is InChI=1S/C10H15OP.ClH/c1-3-10(12)11-9-7-5-4-6-8(9)2;/h4-7,10H,3,12H2,1-2H3;1H. The Morgan fingerprint density at radius 1 is 1.38 bits per heavy atom. The Bertz CT molecular complexity index is 252. The molecule has 0 heterocycles. The summed E-state index contributed by atoms with van der Waals surface area (Å²) in [6.45, 7) is 4.16. The van der Waals surface area contributed by atoms with Crippen molar-refractivity contribution in [3.8, 4) is 5.75 Å². The van der Waals surface area contributed by atoms with Crippen LogP contribution in [-0.2, 0) is 0 Å². The maximum Gasteiger partial charge on any atom is 0.123 e. The van der Waals surface area contributed by atoms with E-state index in [9.17, 15) is 0 Å². The number of rotatable bonds is 3. The molecule has 0 fully saturated rings. The van der Waals surface area contributed by atoms with Gasteiger partial charge in [0.2, 0.25) is 0 Å². The first-order chi connectivity index (χ1) is 5.74. The first-order valence-electron chi connectivity index (χ1n) is 4.22. The van der Waals surface area contributed by atoms with Gasteiger partial charge in [-0.05, 0) is 25.0 Å². The summed E-state index contributed by atoms with van der Waals surface area (Å²) in [5, 5.41) is 0. The number of hydrogen-bond acceptors (Lipinski definition) is 1. The number of halogens is 1. The monoisotopic (exact) mass is 218 g/mol. The highest BCUT2D eigenvalue weighted by molar-refractivity contribution is 7.17. The molecule has 1 aromatic carbocycles. The van der Waals surface area contributed by atoms with E-state index in [4.69, 9.17) is 4.74 Å². The van der Waals surface area contributed by atoms with E-state index in [0.29, 0.717) is 0 Å². The lowest BCUT2D eigenvalue weighted by molar-refractivity contribution is 0.281. The molecule has 0 bridgehead atoms. The van der Waals surface area contributed by atoms with Crippen molar-refractivity contribution >= 4 is 21.6 Å². The van der Waals surface area contributed by atoms with Crippen molar-refractivity contribution in [1.29, 1.82) is 0 Å². The molecule has 0 aromatic heterocycles. The number of para-hydroxylation sites is 1. The predicted octanol–water partition coefficient (Wildman–Crippen LogP) is 3.41. The summed E-state index contributed by atoms with van der Waals surface area (Å²) >= 11 is 0. The van der Waals surface area contributed by atoms with E-state index in [1.165, 1.54) is 5.56 Å². The van der Waals surface area contributed by atoms with Gasteiger partial charge in [0.25, 0.3) is 0 Å². The third-order valence-electron chi connectivity index (χ3n) is 1.77. The molecule has 0 aliphatic carbocycles. The predicted molar refractivity (Wildman–Crippen MR) is 62.8 cm³/mol. The first kappa shape index (κ1) is 12.7. The van der Waals surface area contributed by atoms with Gasteiger partial charge in [-0.15, -0.1) is 12.4 Å². The number of aryl methyl sites for hydroxylation is 1. The Morgan fingerprint density at radius 2 is 2.00 bits per heavy atom. The number of benzene rings is 1. The molecule has 0 radical (unpaired) electrons. The molecule has 1 aromatic rings. The summed E-state index contributed by atoms with van der Waals surface area (Å²) in [5.41, 5.74) is 1.19. The van der Waals surface area contributed by atoms with Gasteiger partial charge in [-0.1, -0.05) is 34.4 Å². The zero-order chi connectivity index (χ0) is 8.97. The lowest BCUT2D eigenvalue weighted by Gasteiger charge is -2.13. The summed E-state index contributed by atoms with van der Waals surface area (Å²) in [5.74, 6) is 1.21. The minimum Gasteiger partial charge on any atom is -0.486 e. The molecule has 0 amide bonds. The van der Waals surface area contributed by atoms with Crippen molar-refractivity contribution in [3.05, 3.63) is 29.8 Å². The molecule has 2 atom stereocenters. The van der Waals surface area contributed by atoms with Crippen molar-refractivity contribution in [1.82, 2.24) is 0 Å². The van der Waals surface area contributed by atoms with Gasteiger partial charge in [-0.2, -0.15) is 0 Å². The van der Waals surface area contributed by atoms with Crippen molar-refractivity contribution in [2.45, 2.75) is 26.1 Å². The van der Waals surface area contributed by atoms with Crippen LogP contribution in [0.25, 0.3) is 0 Å². The van der Waals surface area contributed by atoms with Crippen molar-refractivity contribution < 1.29 is 4.74 Å². The average Bonchev–Trinajstić information content (AvgIpc) is 2.09. The highest BCUT2D eigenvalue weighted by atomic mass is 35.5. The van der Waals surface area contributed by atoms with E-state index in [1.54, 1.807) is 0 Å². The Labute approximate surface area is 88.5 Å². The molecular weight excluding hydrogens is 203 g/mol. The molecule has 0 aliphatic rings. The van der Waals surface area contributed by atoms with Crippen LogP contribution in [0.5, 0.6) is 5.75 Å². The Kier molecular flexibility index (Phi) is 6.11. The normalized spacial score (nSPS) is 11.6. The Hall–Kier alpha value is -0.260. The van der Waals surface area contributed by atoms with E-state index < -0.39 is 0 Å². The molecule has 0 aliphatic heterocycles. The molecular formula is C10H16ClOP. The number of ether oxygens (including phenoxy) is 1. The quantitative estimate of drug-likeness (QED) is 0.707. The van der Waals surface area contributed by atoms with Gasteiger partial charge >= 0.3 is 0 Å². The van der Waals surface area contributed by atoms with Crippen molar-refractivity contribution in [2.24, 2.45) is 0 Å². The minimum atomic E-state index is 0. The van der Waals surface area contributed by atoms with E-state index in [1.807, 2.05) is 18.2 Å². The smallest absolute Gasteiger partial charge is 0.123 e. The zero-order valence-electron chi connectivity index (χ0n) is 7.99. The molecule has 1 nitrogen and oxygen atoms in total. The van der Waals surface area contributed by atoms with Gasteiger partial charge in [-0.3, -0.25) is 0 Å². The van der Waals surface area contributed by atoms with Crippen LogP contribution in [0.4, 0.5) is 0 Å². The minimum absolute atomic E-state index is 0. The van der Waals surface area contributed by atoms with Gasteiger partial charge < -0.3 is 4.74 Å². The van der Waals surface area contributed by atoms with Crippen molar-refractivity contribution in [2.75, 3.05) is 0 Å². The fraction of sp³-hybridized carbons (Fsp3) is 0.400. The van der Waals surface area contributed by atoms with Gasteiger partial charge in [0.15, 0.2) is 0 Å². The van der Waals surface area contributed by atoms with Crippen LogP contribution < -0.4 is 4.74 Å². The maximum atomic E-state index is 5.66. The molecule has 0 saturated heterocycles. The highest BCUT2D eigenvalue weighted by Crippen LogP contribution is 2.20. The Morgan fingerprint density at radius 3 is 2.54 bits per heavy atom. The third kappa shape index (κ3) is 3.97. The second-order valence-corrected chi connectivity index (χ2v) is 3.57. The maximum absolute atomic E-state index is 5.66. The first-order valence-corrected chi connectivity index (χ1v) is 4.88. The van der Waals surface area contributed by atoms with Gasteiger partial charge in [0.05, 0.1) is 0 Å². The summed E-state index contributed by atoms with van der Waals surface area (Å²) < 4.78 is 5.66. The Balaban J connectivity index is 0.00000144. The van der Waals surface area contributed by atoms with Gasteiger partial charge in [0, 0.05) is 0 Å². The van der Waals surface area contributed by atoms with Crippen LogP contribution in [-0.4, -0.2) is 5.85 Å². The summed E-state index contributed by atoms with van der Waals surface area (Å²) in [6.07, 6.45) is 1.01. The molecule has 0 spiro atoms. The van der Waals surface area contributed by atoms with Crippen LogP contribution in [0.3, 0.4) is 0 Å². The lowest BCUT2D eigenvalue weighted by Crippen LogP contribution is -2.06. The van der Waals surface area contributed by atoms with E-state index >= 15 is 0 Å². The fourth-order valence-corrected chi connectivity index (χ4v) is 1.08. The SMILES string of the molecule is CCC(P)Oc1ccccc1C.Cl. The lowest BCUT2D eigenvalue weighted by atomic mass is 10.2. The summed E-state index contributed by atoms with van der Waals surface area (Å²) in [7, 11) is 2.68. The molecule has 74 valence electrons. The molecule has 2 unspecified atom stereocenters. The molecule has 3 heteroatoms. The molecule has 0 N–H and O–H groups in total. The zero-order valence-corrected chi connectivity index (χ0v) is 9.96. The van der Waals surface area contributed by atoms with Crippen LogP contribution in [0, 0.1) is 6.92 Å². The molecule has 13 heavy (non-hydrogen) atoms. The third-order valence-corrected chi connectivity index (χ3v) is 2.38. The largest absolute Gasteiger partial charge is 0.486 e. The van der Waals surface area contributed by atoms with Crippen LogP contribution >= 0.6 is 21.6 Å². The summed E-state index contributed by atoms with van der Waals surface area (Å²) in [6, 6.07) is 8.08. The van der Waals surface area contributed by atoms with Crippen LogP contribution in [0.2, 0.25) is 0 Å². The highest BCUT2D eigenvalue weighted by Gasteiger charge is 2.02. The second kappa shape index (κ2) is 6.23. The average molecular weight is 219 g/mol. The van der Waals surface area contributed by atoms with Crippen LogP contribution in [0.15, 0.2) is 24.3 Å². The van der Waals surface area contributed by atoms with Gasteiger partial charge in [-0.25, -0.2) is 0 Å². The number of hydrogen-bond donors (Lipinski definition) is 0.